The summed E-state index contributed by atoms with van der Waals surface area (Å²) < 4.78 is 0. The summed E-state index contributed by atoms with van der Waals surface area (Å²) in [5.41, 5.74) is 8.63. The van der Waals surface area contributed by atoms with Crippen LogP contribution in [0.15, 0.2) is 48.8 Å². The molecular formula is C23H27N3O2. The van der Waals surface area contributed by atoms with Crippen LogP contribution in [0.4, 0.5) is 0 Å². The topological polar surface area (TPSA) is 76.3 Å². The predicted octanol–water partition coefficient (Wildman–Crippen LogP) is 3.19. The molecule has 4 rings (SSSR count). The van der Waals surface area contributed by atoms with Crippen LogP contribution in [0.5, 0.6) is 0 Å². The Bertz CT molecular complexity index is 836. The molecule has 2 fully saturated rings. The van der Waals surface area contributed by atoms with Crippen LogP contribution in [0, 0.1) is 11.3 Å². The van der Waals surface area contributed by atoms with Crippen LogP contribution in [-0.4, -0.2) is 34.8 Å². The number of rotatable bonds is 5. The number of nitrogens with two attached hydrogens (primary N) is 1. The van der Waals surface area contributed by atoms with Gasteiger partial charge in [0.1, 0.15) is 0 Å². The molecule has 2 N–H and O–H groups in total. The van der Waals surface area contributed by atoms with Crippen molar-refractivity contribution < 1.29 is 9.59 Å². The number of amides is 2. The van der Waals surface area contributed by atoms with E-state index in [1.807, 2.05) is 17.0 Å². The summed E-state index contributed by atoms with van der Waals surface area (Å²) in [6.45, 7) is 1.26. The molecule has 146 valence electrons. The van der Waals surface area contributed by atoms with E-state index in [1.54, 1.807) is 12.4 Å². The van der Waals surface area contributed by atoms with Gasteiger partial charge in [0, 0.05) is 31.4 Å². The SMILES string of the molecule is NC(=O)C1(Cc2ccc(-c3ccncc3)cc2)CCN(C(=O)C2CCC2)CC1. The van der Waals surface area contributed by atoms with Gasteiger partial charge in [0.15, 0.2) is 0 Å². The van der Waals surface area contributed by atoms with Crippen molar-refractivity contribution in [2.75, 3.05) is 13.1 Å². The molecule has 28 heavy (non-hydrogen) atoms. The molecule has 1 aliphatic carbocycles. The third-order valence-electron chi connectivity index (χ3n) is 6.52. The number of aromatic nitrogens is 1. The van der Waals surface area contributed by atoms with E-state index in [-0.39, 0.29) is 17.7 Å². The maximum atomic E-state index is 12.5. The molecule has 2 aliphatic rings. The van der Waals surface area contributed by atoms with E-state index in [1.165, 1.54) is 0 Å². The highest BCUT2D eigenvalue weighted by Crippen LogP contribution is 2.37. The highest BCUT2D eigenvalue weighted by atomic mass is 16.2. The fourth-order valence-electron chi connectivity index (χ4n) is 4.33. The Balaban J connectivity index is 1.44. The molecule has 2 amide bonds. The van der Waals surface area contributed by atoms with E-state index in [9.17, 15) is 9.59 Å². The first kappa shape index (κ1) is 18.7. The molecule has 2 aromatic rings. The van der Waals surface area contributed by atoms with E-state index in [0.717, 1.165) is 36.0 Å². The van der Waals surface area contributed by atoms with Gasteiger partial charge in [0.05, 0.1) is 5.41 Å². The van der Waals surface area contributed by atoms with Gasteiger partial charge in [0.2, 0.25) is 11.8 Å². The van der Waals surface area contributed by atoms with E-state index in [0.29, 0.717) is 32.4 Å². The van der Waals surface area contributed by atoms with Crippen LogP contribution >= 0.6 is 0 Å². The van der Waals surface area contributed by atoms with Crippen LogP contribution in [0.1, 0.15) is 37.7 Å². The third kappa shape index (κ3) is 3.66. The normalized spacial score (nSPS) is 19.1. The van der Waals surface area contributed by atoms with Crippen molar-refractivity contribution in [1.82, 2.24) is 9.88 Å². The fourth-order valence-corrected chi connectivity index (χ4v) is 4.33. The maximum absolute atomic E-state index is 12.5. The molecule has 0 radical (unpaired) electrons. The highest BCUT2D eigenvalue weighted by Gasteiger charge is 2.42. The predicted molar refractivity (Wildman–Crippen MR) is 108 cm³/mol. The Morgan fingerprint density at radius 1 is 1.00 bits per heavy atom. The van der Waals surface area contributed by atoms with Crippen LogP contribution in [0.2, 0.25) is 0 Å². The van der Waals surface area contributed by atoms with E-state index >= 15 is 0 Å². The summed E-state index contributed by atoms with van der Waals surface area (Å²) in [6.07, 6.45) is 8.67. The van der Waals surface area contributed by atoms with Crippen molar-refractivity contribution in [3.8, 4) is 11.1 Å². The number of pyridine rings is 1. The molecule has 1 aromatic carbocycles. The molecule has 0 unspecified atom stereocenters. The summed E-state index contributed by atoms with van der Waals surface area (Å²) >= 11 is 0. The first-order valence-corrected chi connectivity index (χ1v) is 10.2. The first-order valence-electron chi connectivity index (χ1n) is 10.2. The lowest BCUT2D eigenvalue weighted by Gasteiger charge is -2.42. The second kappa shape index (κ2) is 7.74. The van der Waals surface area contributed by atoms with Crippen molar-refractivity contribution in [2.24, 2.45) is 17.1 Å². The number of hydrogen-bond acceptors (Lipinski definition) is 3. The molecule has 0 bridgehead atoms. The van der Waals surface area contributed by atoms with Gasteiger partial charge in [-0.1, -0.05) is 30.7 Å². The molecule has 2 heterocycles. The number of benzene rings is 1. The van der Waals surface area contributed by atoms with Crippen molar-refractivity contribution in [3.63, 3.8) is 0 Å². The lowest BCUT2D eigenvalue weighted by atomic mass is 9.72. The zero-order chi connectivity index (χ0) is 19.6. The molecule has 5 heteroatoms. The molecule has 1 aromatic heterocycles. The Labute approximate surface area is 165 Å². The van der Waals surface area contributed by atoms with Gasteiger partial charge in [-0.05, 0) is 60.9 Å². The number of hydrogen-bond donors (Lipinski definition) is 1. The molecule has 5 nitrogen and oxygen atoms in total. The third-order valence-corrected chi connectivity index (χ3v) is 6.52. The second-order valence-corrected chi connectivity index (χ2v) is 8.21. The van der Waals surface area contributed by atoms with Gasteiger partial charge >= 0.3 is 0 Å². The number of piperidine rings is 1. The minimum atomic E-state index is -0.561. The summed E-state index contributed by atoms with van der Waals surface area (Å²) in [4.78, 5) is 30.9. The molecule has 0 spiro atoms. The van der Waals surface area contributed by atoms with Gasteiger partial charge in [-0.25, -0.2) is 0 Å². The number of nitrogens with zero attached hydrogens (tertiary/aromatic N) is 2. The second-order valence-electron chi connectivity index (χ2n) is 8.21. The maximum Gasteiger partial charge on any atom is 0.225 e. The van der Waals surface area contributed by atoms with Crippen molar-refractivity contribution in [2.45, 2.75) is 38.5 Å². The van der Waals surface area contributed by atoms with E-state index in [2.05, 4.69) is 29.2 Å². The van der Waals surface area contributed by atoms with Crippen molar-refractivity contribution in [1.29, 1.82) is 0 Å². The van der Waals surface area contributed by atoms with Gasteiger partial charge in [-0.3, -0.25) is 14.6 Å². The van der Waals surface area contributed by atoms with Crippen LogP contribution in [0.3, 0.4) is 0 Å². The van der Waals surface area contributed by atoms with Gasteiger partial charge in [-0.2, -0.15) is 0 Å². The Hall–Kier alpha value is -2.69. The smallest absolute Gasteiger partial charge is 0.225 e. The monoisotopic (exact) mass is 377 g/mol. The lowest BCUT2D eigenvalue weighted by Crippen LogP contribution is -2.51. The van der Waals surface area contributed by atoms with Gasteiger partial charge < -0.3 is 10.6 Å². The largest absolute Gasteiger partial charge is 0.369 e. The quantitative estimate of drug-likeness (QED) is 0.869. The summed E-state index contributed by atoms with van der Waals surface area (Å²) in [5, 5.41) is 0. The zero-order valence-electron chi connectivity index (χ0n) is 16.1. The average molecular weight is 377 g/mol. The average Bonchev–Trinajstić information content (AvgIpc) is 2.68. The van der Waals surface area contributed by atoms with Crippen molar-refractivity contribution in [3.05, 3.63) is 54.4 Å². The molecule has 1 saturated carbocycles. The molecule has 1 saturated heterocycles. The van der Waals surface area contributed by atoms with Gasteiger partial charge in [-0.15, -0.1) is 0 Å². The number of likely N-dealkylation sites (tertiary alicyclic amines) is 1. The van der Waals surface area contributed by atoms with Crippen molar-refractivity contribution >= 4 is 11.8 Å². The molecular weight excluding hydrogens is 350 g/mol. The Kier molecular flexibility index (Phi) is 5.16. The number of carbonyl (C=O) groups is 2. The Morgan fingerprint density at radius 2 is 1.61 bits per heavy atom. The van der Waals surface area contributed by atoms with Crippen LogP contribution in [0.25, 0.3) is 11.1 Å². The molecule has 1 aliphatic heterocycles. The van der Waals surface area contributed by atoms with Crippen LogP contribution < -0.4 is 5.73 Å². The minimum absolute atomic E-state index is 0.210. The minimum Gasteiger partial charge on any atom is -0.369 e. The fraction of sp³-hybridized carbons (Fsp3) is 0.435. The van der Waals surface area contributed by atoms with E-state index < -0.39 is 5.41 Å². The number of primary amides is 1. The van der Waals surface area contributed by atoms with E-state index in [4.69, 9.17) is 5.73 Å². The summed E-state index contributed by atoms with van der Waals surface area (Å²) in [5.74, 6) is 0.231. The molecule has 0 atom stereocenters. The lowest BCUT2D eigenvalue weighted by molar-refractivity contribution is -0.144. The summed E-state index contributed by atoms with van der Waals surface area (Å²) in [6, 6.07) is 12.3. The van der Waals surface area contributed by atoms with Crippen LogP contribution in [-0.2, 0) is 16.0 Å². The number of carbonyl (C=O) groups excluding carboxylic acids is 2. The highest BCUT2D eigenvalue weighted by molar-refractivity contribution is 5.83. The Morgan fingerprint density at radius 3 is 2.14 bits per heavy atom. The summed E-state index contributed by atoms with van der Waals surface area (Å²) in [7, 11) is 0. The zero-order valence-corrected chi connectivity index (χ0v) is 16.1. The standard InChI is InChI=1S/C23H27N3O2/c24-22(28)23(10-14-26(15-11-23)21(27)20-2-1-3-20)16-17-4-6-18(7-5-17)19-8-12-25-13-9-19/h4-9,12-13,20H,1-3,10-11,14-16H2,(H2,24,28). The first-order chi connectivity index (χ1) is 13.6. The van der Waals surface area contributed by atoms with Gasteiger partial charge in [0.25, 0.3) is 0 Å².